The van der Waals surface area contributed by atoms with Gasteiger partial charge in [-0.1, -0.05) is 25.0 Å². The van der Waals surface area contributed by atoms with Gasteiger partial charge in [0.15, 0.2) is 6.61 Å². The van der Waals surface area contributed by atoms with Crippen LogP contribution in [0, 0.1) is 5.92 Å². The Morgan fingerprint density at radius 3 is 2.57 bits per heavy atom. The fraction of sp³-hybridized carbons (Fsp3) is 0.571. The number of rotatable bonds is 8. The highest BCUT2D eigenvalue weighted by atomic mass is 16.5. The van der Waals surface area contributed by atoms with Crippen molar-refractivity contribution in [2.45, 2.75) is 44.6 Å². The SMILES string of the molecule is COc1ccc(CCNC(=O)COC(=O)[C@@H]2CC(=O)N(C3CCCC3)C2)cc1. The summed E-state index contributed by atoms with van der Waals surface area (Å²) in [6, 6.07) is 7.90. The van der Waals surface area contributed by atoms with E-state index in [1.54, 1.807) is 7.11 Å². The summed E-state index contributed by atoms with van der Waals surface area (Å²) in [5, 5.41) is 2.74. The van der Waals surface area contributed by atoms with Crippen molar-refractivity contribution in [3.63, 3.8) is 0 Å². The average molecular weight is 388 g/mol. The number of hydrogen-bond donors (Lipinski definition) is 1. The molecule has 1 saturated carbocycles. The molecule has 152 valence electrons. The van der Waals surface area contributed by atoms with Gasteiger partial charge in [-0.05, 0) is 37.0 Å². The molecule has 7 nitrogen and oxygen atoms in total. The second-order valence-electron chi connectivity index (χ2n) is 7.44. The number of amides is 2. The lowest BCUT2D eigenvalue weighted by Crippen LogP contribution is -2.35. The Morgan fingerprint density at radius 2 is 1.89 bits per heavy atom. The van der Waals surface area contributed by atoms with Gasteiger partial charge in [0.05, 0.1) is 13.0 Å². The van der Waals surface area contributed by atoms with Crippen molar-refractivity contribution in [1.82, 2.24) is 10.2 Å². The molecule has 0 radical (unpaired) electrons. The minimum absolute atomic E-state index is 0.0257. The molecule has 2 amide bonds. The molecule has 0 spiro atoms. The number of ether oxygens (including phenoxy) is 2. The van der Waals surface area contributed by atoms with Crippen LogP contribution in [0.5, 0.6) is 5.75 Å². The van der Waals surface area contributed by atoms with Crippen molar-refractivity contribution in [1.29, 1.82) is 0 Å². The number of nitrogens with zero attached hydrogens (tertiary/aromatic N) is 1. The van der Waals surface area contributed by atoms with Crippen LogP contribution in [0.2, 0.25) is 0 Å². The zero-order valence-corrected chi connectivity index (χ0v) is 16.3. The fourth-order valence-electron chi connectivity index (χ4n) is 3.90. The monoisotopic (exact) mass is 388 g/mol. The lowest BCUT2D eigenvalue weighted by molar-refractivity contribution is -0.152. The first-order chi connectivity index (χ1) is 13.6. The molecule has 0 unspecified atom stereocenters. The van der Waals surface area contributed by atoms with E-state index in [1.165, 1.54) is 0 Å². The molecule has 1 N–H and O–H groups in total. The number of carbonyl (C=O) groups is 3. The molecule has 2 fully saturated rings. The second kappa shape index (κ2) is 9.57. The Bertz CT molecular complexity index is 697. The van der Waals surface area contributed by atoms with Crippen LogP contribution >= 0.6 is 0 Å². The second-order valence-corrected chi connectivity index (χ2v) is 7.44. The summed E-state index contributed by atoms with van der Waals surface area (Å²) < 4.78 is 10.2. The summed E-state index contributed by atoms with van der Waals surface area (Å²) in [6.45, 7) is 0.567. The predicted octanol–water partition coefficient (Wildman–Crippen LogP) is 1.69. The topological polar surface area (TPSA) is 84.9 Å². The maximum absolute atomic E-state index is 12.2. The van der Waals surface area contributed by atoms with Gasteiger partial charge in [-0.25, -0.2) is 0 Å². The van der Waals surface area contributed by atoms with Gasteiger partial charge in [0.1, 0.15) is 5.75 Å². The van der Waals surface area contributed by atoms with E-state index in [0.29, 0.717) is 19.5 Å². The molecule has 1 heterocycles. The van der Waals surface area contributed by atoms with Gasteiger partial charge in [0.2, 0.25) is 5.91 Å². The van der Waals surface area contributed by atoms with Crippen molar-refractivity contribution in [2.75, 3.05) is 26.8 Å². The highest BCUT2D eigenvalue weighted by molar-refractivity contribution is 5.88. The fourth-order valence-corrected chi connectivity index (χ4v) is 3.90. The van der Waals surface area contributed by atoms with Crippen LogP contribution in [0.15, 0.2) is 24.3 Å². The predicted molar refractivity (Wildman–Crippen MR) is 103 cm³/mol. The summed E-state index contributed by atoms with van der Waals surface area (Å²) in [4.78, 5) is 38.1. The standard InChI is InChI=1S/C21H28N2O5/c1-27-18-8-6-15(7-9-18)10-11-22-19(24)14-28-21(26)16-12-20(25)23(13-16)17-4-2-3-5-17/h6-9,16-17H,2-5,10-14H2,1H3,(H,22,24)/t16-/m1/s1. The maximum Gasteiger partial charge on any atom is 0.311 e. The molecule has 0 bridgehead atoms. The third-order valence-electron chi connectivity index (χ3n) is 5.50. The van der Waals surface area contributed by atoms with Gasteiger partial charge in [-0.3, -0.25) is 14.4 Å². The molecule has 7 heteroatoms. The molecular formula is C21H28N2O5. The van der Waals surface area contributed by atoms with Gasteiger partial charge in [-0.2, -0.15) is 0 Å². The number of benzene rings is 1. The van der Waals surface area contributed by atoms with Crippen molar-refractivity contribution in [3.05, 3.63) is 29.8 Å². The largest absolute Gasteiger partial charge is 0.497 e. The third-order valence-corrected chi connectivity index (χ3v) is 5.50. The van der Waals surface area contributed by atoms with Crippen LogP contribution in [-0.4, -0.2) is 55.5 Å². The van der Waals surface area contributed by atoms with Crippen molar-refractivity contribution < 1.29 is 23.9 Å². The van der Waals surface area contributed by atoms with Gasteiger partial charge in [0.25, 0.3) is 5.91 Å². The molecule has 1 atom stereocenters. The van der Waals surface area contributed by atoms with E-state index < -0.39 is 11.9 Å². The molecule has 1 aliphatic heterocycles. The number of methoxy groups -OCH3 is 1. The molecule has 1 aromatic carbocycles. The summed E-state index contributed by atoms with van der Waals surface area (Å²) in [5.41, 5.74) is 1.08. The molecule has 28 heavy (non-hydrogen) atoms. The van der Waals surface area contributed by atoms with E-state index in [-0.39, 0.29) is 30.9 Å². The normalized spacial score (nSPS) is 19.7. The van der Waals surface area contributed by atoms with E-state index in [0.717, 1.165) is 37.0 Å². The van der Waals surface area contributed by atoms with Crippen LogP contribution in [0.25, 0.3) is 0 Å². The van der Waals surface area contributed by atoms with Crippen LogP contribution < -0.4 is 10.1 Å². The lowest BCUT2D eigenvalue weighted by atomic mass is 10.1. The molecule has 0 aromatic heterocycles. The highest BCUT2D eigenvalue weighted by Crippen LogP contribution is 2.29. The minimum atomic E-state index is -0.459. The maximum atomic E-state index is 12.2. The first-order valence-corrected chi connectivity index (χ1v) is 9.92. The van der Waals surface area contributed by atoms with Gasteiger partial charge < -0.3 is 19.7 Å². The van der Waals surface area contributed by atoms with Gasteiger partial charge in [-0.15, -0.1) is 0 Å². The van der Waals surface area contributed by atoms with Crippen molar-refractivity contribution in [3.8, 4) is 5.75 Å². The van der Waals surface area contributed by atoms with Crippen LogP contribution in [-0.2, 0) is 25.5 Å². The van der Waals surface area contributed by atoms with E-state index in [1.807, 2.05) is 29.2 Å². The zero-order chi connectivity index (χ0) is 19.9. The summed E-state index contributed by atoms with van der Waals surface area (Å²) in [5.74, 6) is -0.437. The van der Waals surface area contributed by atoms with Crippen LogP contribution in [0.1, 0.15) is 37.7 Å². The quantitative estimate of drug-likeness (QED) is 0.685. The lowest BCUT2D eigenvalue weighted by Gasteiger charge is -2.23. The Morgan fingerprint density at radius 1 is 1.18 bits per heavy atom. The number of esters is 1. The van der Waals surface area contributed by atoms with E-state index >= 15 is 0 Å². The summed E-state index contributed by atoms with van der Waals surface area (Å²) in [7, 11) is 1.62. The van der Waals surface area contributed by atoms with E-state index in [9.17, 15) is 14.4 Å². The van der Waals surface area contributed by atoms with E-state index in [2.05, 4.69) is 5.32 Å². The van der Waals surface area contributed by atoms with Crippen molar-refractivity contribution >= 4 is 17.8 Å². The Labute approximate surface area is 165 Å². The number of hydrogen-bond acceptors (Lipinski definition) is 5. The molecule has 2 aliphatic rings. The van der Waals surface area contributed by atoms with Crippen molar-refractivity contribution in [2.24, 2.45) is 5.92 Å². The molecular weight excluding hydrogens is 360 g/mol. The molecule has 1 aromatic rings. The number of nitrogens with one attached hydrogen (secondary N) is 1. The van der Waals surface area contributed by atoms with Crippen LogP contribution in [0.3, 0.4) is 0 Å². The summed E-state index contributed by atoms with van der Waals surface area (Å²) in [6.07, 6.45) is 5.18. The van der Waals surface area contributed by atoms with Gasteiger partial charge >= 0.3 is 5.97 Å². The Balaban J connectivity index is 1.34. The highest BCUT2D eigenvalue weighted by Gasteiger charge is 2.39. The third kappa shape index (κ3) is 5.24. The minimum Gasteiger partial charge on any atom is -0.497 e. The Hall–Kier alpha value is -2.57. The molecule has 3 rings (SSSR count). The zero-order valence-electron chi connectivity index (χ0n) is 16.3. The summed E-state index contributed by atoms with van der Waals surface area (Å²) >= 11 is 0. The van der Waals surface area contributed by atoms with Crippen LogP contribution in [0.4, 0.5) is 0 Å². The number of carbonyl (C=O) groups excluding carboxylic acids is 3. The smallest absolute Gasteiger partial charge is 0.311 e. The van der Waals surface area contributed by atoms with Gasteiger partial charge in [0, 0.05) is 25.6 Å². The first-order valence-electron chi connectivity index (χ1n) is 9.92. The van der Waals surface area contributed by atoms with E-state index in [4.69, 9.17) is 9.47 Å². The number of likely N-dealkylation sites (tertiary alicyclic amines) is 1. The first kappa shape index (κ1) is 20.2. The Kier molecular flexibility index (Phi) is 6.90. The molecule has 1 aliphatic carbocycles. The average Bonchev–Trinajstić information content (AvgIpc) is 3.36. The molecule has 1 saturated heterocycles.